The molecule has 118 valence electrons. The summed E-state index contributed by atoms with van der Waals surface area (Å²) in [6.45, 7) is 0.866. The molecule has 2 aliphatic rings. The smallest absolute Gasteiger partial charge is 0.120 e. The van der Waals surface area contributed by atoms with E-state index in [0.29, 0.717) is 0 Å². The standard InChI is InChI=1S/C20H22N2O/c1-23-15-8-9-16-17-11-12-21-18(20(17)22-19(16)13-15)10-7-14-5-3-2-4-6-14/h5,7-10,13,22H,2-4,6,11-12H2,1H3/b10-7+. The molecular weight excluding hydrogens is 284 g/mol. The van der Waals surface area contributed by atoms with Crippen molar-refractivity contribution in [1.29, 1.82) is 0 Å². The van der Waals surface area contributed by atoms with Crippen LogP contribution >= 0.6 is 0 Å². The summed E-state index contributed by atoms with van der Waals surface area (Å²) in [5, 5.41) is 1.29. The second-order valence-corrected chi connectivity index (χ2v) is 6.27. The summed E-state index contributed by atoms with van der Waals surface area (Å²) in [4.78, 5) is 8.28. The number of methoxy groups -OCH3 is 1. The predicted octanol–water partition coefficient (Wildman–Crippen LogP) is 4.58. The third-order valence-electron chi connectivity index (χ3n) is 4.79. The Morgan fingerprint density at radius 2 is 2.13 bits per heavy atom. The van der Waals surface area contributed by atoms with E-state index in [9.17, 15) is 0 Å². The molecule has 3 heteroatoms. The third kappa shape index (κ3) is 2.72. The molecule has 0 saturated carbocycles. The van der Waals surface area contributed by atoms with Crippen molar-refractivity contribution < 1.29 is 4.74 Å². The summed E-state index contributed by atoms with van der Waals surface area (Å²) in [7, 11) is 1.71. The number of benzene rings is 1. The Morgan fingerprint density at radius 1 is 1.17 bits per heavy atom. The zero-order valence-corrected chi connectivity index (χ0v) is 13.6. The fourth-order valence-electron chi connectivity index (χ4n) is 3.54. The molecular formula is C20H22N2O. The highest BCUT2D eigenvalue weighted by molar-refractivity contribution is 6.12. The number of aromatic nitrogens is 1. The predicted molar refractivity (Wildman–Crippen MR) is 95.6 cm³/mol. The molecule has 0 spiro atoms. The minimum atomic E-state index is 0.866. The van der Waals surface area contributed by atoms with E-state index in [1.165, 1.54) is 47.9 Å². The van der Waals surface area contributed by atoms with Gasteiger partial charge < -0.3 is 9.72 Å². The van der Waals surface area contributed by atoms with Crippen molar-refractivity contribution in [2.45, 2.75) is 32.1 Å². The van der Waals surface area contributed by atoms with Crippen LogP contribution in [0.5, 0.6) is 5.75 Å². The molecule has 1 aromatic heterocycles. The maximum atomic E-state index is 5.34. The van der Waals surface area contributed by atoms with Crippen LogP contribution in [0, 0.1) is 0 Å². The summed E-state index contributed by atoms with van der Waals surface area (Å²) in [5.41, 5.74) is 6.22. The Bertz CT molecular complexity index is 824. The monoisotopic (exact) mass is 306 g/mol. The van der Waals surface area contributed by atoms with E-state index in [1.807, 2.05) is 6.07 Å². The summed E-state index contributed by atoms with van der Waals surface area (Å²) < 4.78 is 5.34. The topological polar surface area (TPSA) is 37.4 Å². The maximum absolute atomic E-state index is 5.34. The van der Waals surface area contributed by atoms with Crippen LogP contribution in [-0.2, 0) is 6.42 Å². The molecule has 2 heterocycles. The number of nitrogens with zero attached hydrogens (tertiary/aromatic N) is 1. The number of allylic oxidation sites excluding steroid dienone is 4. The fraction of sp³-hybridized carbons (Fsp3) is 0.350. The zero-order valence-electron chi connectivity index (χ0n) is 13.6. The number of rotatable bonds is 3. The number of H-pyrrole nitrogens is 1. The summed E-state index contributed by atoms with van der Waals surface area (Å²) in [5.74, 6) is 0.887. The van der Waals surface area contributed by atoms with Crippen LogP contribution < -0.4 is 4.74 Å². The Labute approximate surface area is 136 Å². The van der Waals surface area contributed by atoms with Gasteiger partial charge in [-0.2, -0.15) is 0 Å². The van der Waals surface area contributed by atoms with E-state index in [2.05, 4.69) is 35.3 Å². The SMILES string of the molecule is COc1ccc2c3c([nH]c2c1)C(/C=C/C1=CCCCC1)=NCC3. The second-order valence-electron chi connectivity index (χ2n) is 6.27. The van der Waals surface area contributed by atoms with Crippen molar-refractivity contribution in [3.63, 3.8) is 0 Å². The van der Waals surface area contributed by atoms with Crippen LogP contribution in [0.25, 0.3) is 10.9 Å². The van der Waals surface area contributed by atoms with Gasteiger partial charge in [-0.15, -0.1) is 0 Å². The van der Waals surface area contributed by atoms with Crippen LogP contribution in [0.2, 0.25) is 0 Å². The zero-order chi connectivity index (χ0) is 15.6. The van der Waals surface area contributed by atoms with Gasteiger partial charge in [0.25, 0.3) is 0 Å². The normalized spacial score (nSPS) is 18.0. The number of aromatic amines is 1. The molecule has 0 amide bonds. The maximum Gasteiger partial charge on any atom is 0.120 e. The Morgan fingerprint density at radius 3 is 2.96 bits per heavy atom. The highest BCUT2D eigenvalue weighted by Crippen LogP contribution is 2.29. The molecule has 1 aliphatic carbocycles. The number of aliphatic imine (C=N–C) groups is 1. The molecule has 2 aromatic rings. The summed E-state index contributed by atoms with van der Waals surface area (Å²) >= 11 is 0. The van der Waals surface area contributed by atoms with Crippen LogP contribution in [0.3, 0.4) is 0 Å². The lowest BCUT2D eigenvalue weighted by atomic mass is 9.97. The Balaban J connectivity index is 1.70. The van der Waals surface area contributed by atoms with Gasteiger partial charge in [-0.25, -0.2) is 0 Å². The van der Waals surface area contributed by atoms with Crippen molar-refractivity contribution in [1.82, 2.24) is 4.98 Å². The molecule has 3 nitrogen and oxygen atoms in total. The van der Waals surface area contributed by atoms with E-state index in [4.69, 9.17) is 9.73 Å². The van der Waals surface area contributed by atoms with Gasteiger partial charge in [0.2, 0.25) is 0 Å². The van der Waals surface area contributed by atoms with E-state index < -0.39 is 0 Å². The molecule has 23 heavy (non-hydrogen) atoms. The number of hydrogen-bond donors (Lipinski definition) is 1. The molecule has 1 aromatic carbocycles. The van der Waals surface area contributed by atoms with E-state index in [0.717, 1.165) is 29.9 Å². The lowest BCUT2D eigenvalue weighted by Gasteiger charge is -2.12. The molecule has 0 fully saturated rings. The number of nitrogens with one attached hydrogen (secondary N) is 1. The fourth-order valence-corrected chi connectivity index (χ4v) is 3.54. The van der Waals surface area contributed by atoms with Crippen molar-refractivity contribution in [3.05, 3.63) is 53.3 Å². The number of ether oxygens (including phenoxy) is 1. The Kier molecular flexibility index (Phi) is 3.78. The molecule has 0 radical (unpaired) electrons. The van der Waals surface area contributed by atoms with Gasteiger partial charge in [-0.3, -0.25) is 4.99 Å². The molecule has 0 saturated heterocycles. The third-order valence-corrected chi connectivity index (χ3v) is 4.79. The first-order chi connectivity index (χ1) is 11.3. The minimum absolute atomic E-state index is 0.866. The quantitative estimate of drug-likeness (QED) is 0.885. The van der Waals surface area contributed by atoms with Gasteiger partial charge in [0, 0.05) is 23.5 Å². The first-order valence-electron chi connectivity index (χ1n) is 8.45. The molecule has 0 atom stereocenters. The summed E-state index contributed by atoms with van der Waals surface area (Å²) in [6.07, 6.45) is 12.8. The van der Waals surface area contributed by atoms with E-state index >= 15 is 0 Å². The lowest BCUT2D eigenvalue weighted by molar-refractivity contribution is 0.415. The Hall–Kier alpha value is -2.29. The van der Waals surface area contributed by atoms with Gasteiger partial charge >= 0.3 is 0 Å². The van der Waals surface area contributed by atoms with Crippen molar-refractivity contribution >= 4 is 16.6 Å². The first kappa shape index (κ1) is 14.3. The van der Waals surface area contributed by atoms with Crippen LogP contribution in [0.1, 0.15) is 36.9 Å². The second kappa shape index (κ2) is 6.07. The molecule has 4 rings (SSSR count). The number of hydrogen-bond acceptors (Lipinski definition) is 2. The van der Waals surface area contributed by atoms with Crippen molar-refractivity contribution in [3.8, 4) is 5.75 Å². The first-order valence-corrected chi connectivity index (χ1v) is 8.45. The largest absolute Gasteiger partial charge is 0.497 e. The highest BCUT2D eigenvalue weighted by Gasteiger charge is 2.18. The molecule has 0 bridgehead atoms. The minimum Gasteiger partial charge on any atom is -0.497 e. The average molecular weight is 306 g/mol. The van der Waals surface area contributed by atoms with Gasteiger partial charge in [-0.1, -0.05) is 17.7 Å². The van der Waals surface area contributed by atoms with Crippen molar-refractivity contribution in [2.75, 3.05) is 13.7 Å². The summed E-state index contributed by atoms with van der Waals surface area (Å²) in [6, 6.07) is 6.25. The lowest BCUT2D eigenvalue weighted by Crippen LogP contribution is -2.10. The van der Waals surface area contributed by atoms with Crippen molar-refractivity contribution in [2.24, 2.45) is 4.99 Å². The van der Waals surface area contributed by atoms with Crippen LogP contribution in [0.15, 0.2) is 47.0 Å². The van der Waals surface area contributed by atoms with Gasteiger partial charge in [0.05, 0.1) is 18.5 Å². The molecule has 0 unspecified atom stereocenters. The molecule has 1 N–H and O–H groups in total. The number of fused-ring (bicyclic) bond motifs is 3. The van der Waals surface area contributed by atoms with E-state index in [-0.39, 0.29) is 0 Å². The van der Waals surface area contributed by atoms with Gasteiger partial charge in [-0.05, 0) is 55.9 Å². The van der Waals surface area contributed by atoms with Crippen LogP contribution in [0.4, 0.5) is 0 Å². The van der Waals surface area contributed by atoms with Gasteiger partial charge in [0.1, 0.15) is 5.75 Å². The van der Waals surface area contributed by atoms with E-state index in [1.54, 1.807) is 7.11 Å². The highest BCUT2D eigenvalue weighted by atomic mass is 16.5. The average Bonchev–Trinajstić information content (AvgIpc) is 2.99. The molecule has 1 aliphatic heterocycles. The van der Waals surface area contributed by atoms with Crippen LogP contribution in [-0.4, -0.2) is 24.4 Å². The van der Waals surface area contributed by atoms with Gasteiger partial charge in [0.15, 0.2) is 0 Å².